The SMILES string of the molecule is CCCC1=CC(=O)C(C#N)=C(C#N)C1=O. The molecule has 0 aliphatic heterocycles. The lowest BCUT2D eigenvalue weighted by atomic mass is 9.89. The van der Waals surface area contributed by atoms with Crippen molar-refractivity contribution in [2.24, 2.45) is 0 Å². The van der Waals surface area contributed by atoms with Crippen molar-refractivity contribution in [3.8, 4) is 12.1 Å². The number of hydrogen-bond acceptors (Lipinski definition) is 4. The highest BCUT2D eigenvalue weighted by molar-refractivity contribution is 6.25. The molecular weight excluding hydrogens is 192 g/mol. The maximum Gasteiger partial charge on any atom is 0.201 e. The van der Waals surface area contributed by atoms with Crippen LogP contribution < -0.4 is 0 Å². The highest BCUT2D eigenvalue weighted by atomic mass is 16.1. The molecule has 1 rings (SSSR count). The Morgan fingerprint density at radius 1 is 1.20 bits per heavy atom. The Hall–Kier alpha value is -2.20. The summed E-state index contributed by atoms with van der Waals surface area (Å²) in [7, 11) is 0. The van der Waals surface area contributed by atoms with Gasteiger partial charge in [-0.05, 0) is 12.5 Å². The Morgan fingerprint density at radius 3 is 2.27 bits per heavy atom. The smallest absolute Gasteiger partial charge is 0.201 e. The van der Waals surface area contributed by atoms with Gasteiger partial charge in [-0.25, -0.2) is 0 Å². The molecule has 0 radical (unpaired) electrons. The molecule has 0 spiro atoms. The van der Waals surface area contributed by atoms with Gasteiger partial charge in [-0.15, -0.1) is 0 Å². The van der Waals surface area contributed by atoms with Crippen molar-refractivity contribution in [3.63, 3.8) is 0 Å². The van der Waals surface area contributed by atoms with Gasteiger partial charge in [0.25, 0.3) is 0 Å². The van der Waals surface area contributed by atoms with E-state index in [-0.39, 0.29) is 11.1 Å². The number of nitriles is 2. The molecule has 0 aromatic rings. The van der Waals surface area contributed by atoms with Crippen LogP contribution in [0.25, 0.3) is 0 Å². The molecule has 0 heterocycles. The van der Waals surface area contributed by atoms with Gasteiger partial charge in [-0.2, -0.15) is 10.5 Å². The first-order valence-corrected chi connectivity index (χ1v) is 4.49. The van der Waals surface area contributed by atoms with Gasteiger partial charge in [0.15, 0.2) is 5.78 Å². The van der Waals surface area contributed by atoms with Crippen LogP contribution in [-0.4, -0.2) is 11.6 Å². The number of hydrogen-bond donors (Lipinski definition) is 0. The average molecular weight is 200 g/mol. The van der Waals surface area contributed by atoms with E-state index < -0.39 is 11.6 Å². The maximum atomic E-state index is 11.6. The lowest BCUT2D eigenvalue weighted by Gasteiger charge is -2.09. The Bertz CT molecular complexity index is 470. The molecule has 1 aliphatic rings. The molecule has 0 amide bonds. The molecular formula is C11H8N2O2. The van der Waals surface area contributed by atoms with E-state index in [0.29, 0.717) is 18.4 Å². The van der Waals surface area contributed by atoms with Crippen LogP contribution in [0.3, 0.4) is 0 Å². The molecule has 4 heteroatoms. The van der Waals surface area contributed by atoms with Crippen LogP contribution >= 0.6 is 0 Å². The number of carbonyl (C=O) groups excluding carboxylic acids is 2. The minimum Gasteiger partial charge on any atom is -0.288 e. The molecule has 0 saturated heterocycles. The van der Waals surface area contributed by atoms with Crippen LogP contribution in [0.15, 0.2) is 22.8 Å². The Balaban J connectivity index is 3.23. The van der Waals surface area contributed by atoms with Crippen LogP contribution in [0, 0.1) is 22.7 Å². The average Bonchev–Trinajstić information content (AvgIpc) is 2.22. The van der Waals surface area contributed by atoms with Crippen LogP contribution in [0.2, 0.25) is 0 Å². The predicted molar refractivity (Wildman–Crippen MR) is 51.3 cm³/mol. The van der Waals surface area contributed by atoms with Crippen LogP contribution in [-0.2, 0) is 9.59 Å². The zero-order valence-electron chi connectivity index (χ0n) is 8.20. The zero-order valence-corrected chi connectivity index (χ0v) is 8.20. The van der Waals surface area contributed by atoms with Crippen molar-refractivity contribution in [1.82, 2.24) is 0 Å². The molecule has 0 aromatic carbocycles. The fourth-order valence-electron chi connectivity index (χ4n) is 1.37. The van der Waals surface area contributed by atoms with Crippen molar-refractivity contribution < 1.29 is 9.59 Å². The number of allylic oxidation sites excluding steroid dienone is 4. The van der Waals surface area contributed by atoms with Gasteiger partial charge in [0.05, 0.1) is 0 Å². The third-order valence-electron chi connectivity index (χ3n) is 2.06. The second-order valence-corrected chi connectivity index (χ2v) is 3.09. The fourth-order valence-corrected chi connectivity index (χ4v) is 1.37. The van der Waals surface area contributed by atoms with Crippen molar-refractivity contribution in [2.75, 3.05) is 0 Å². The first-order valence-electron chi connectivity index (χ1n) is 4.49. The zero-order chi connectivity index (χ0) is 11.4. The van der Waals surface area contributed by atoms with E-state index in [2.05, 4.69) is 0 Å². The summed E-state index contributed by atoms with van der Waals surface area (Å²) in [6.45, 7) is 1.87. The van der Waals surface area contributed by atoms with Gasteiger partial charge in [0, 0.05) is 5.57 Å². The molecule has 0 N–H and O–H groups in total. The van der Waals surface area contributed by atoms with E-state index in [9.17, 15) is 9.59 Å². The van der Waals surface area contributed by atoms with Gasteiger partial charge in [-0.1, -0.05) is 13.3 Å². The largest absolute Gasteiger partial charge is 0.288 e. The minimum absolute atomic E-state index is 0.318. The third-order valence-corrected chi connectivity index (χ3v) is 2.06. The lowest BCUT2D eigenvalue weighted by Crippen LogP contribution is -2.17. The predicted octanol–water partition coefficient (Wildman–Crippen LogP) is 1.21. The lowest BCUT2D eigenvalue weighted by molar-refractivity contribution is -0.115. The molecule has 0 saturated carbocycles. The Kier molecular flexibility index (Phi) is 3.15. The third kappa shape index (κ3) is 1.84. The molecule has 15 heavy (non-hydrogen) atoms. The number of Topliss-reactive ketones (excluding diaryl/α,β-unsaturated/α-hetero) is 1. The first kappa shape index (κ1) is 10.9. The summed E-state index contributed by atoms with van der Waals surface area (Å²) in [5.41, 5.74) is -0.353. The Morgan fingerprint density at radius 2 is 1.80 bits per heavy atom. The van der Waals surface area contributed by atoms with E-state index in [0.717, 1.165) is 6.08 Å². The van der Waals surface area contributed by atoms with Gasteiger partial charge in [0.2, 0.25) is 5.78 Å². The Labute approximate surface area is 87.1 Å². The summed E-state index contributed by atoms with van der Waals surface area (Å²) in [4.78, 5) is 23.0. The maximum absolute atomic E-state index is 11.6. The van der Waals surface area contributed by atoms with Crippen LogP contribution in [0.5, 0.6) is 0 Å². The topological polar surface area (TPSA) is 81.7 Å². The first-order chi connectivity index (χ1) is 7.15. The van der Waals surface area contributed by atoms with Gasteiger partial charge in [0.1, 0.15) is 23.3 Å². The summed E-state index contributed by atoms with van der Waals surface area (Å²) in [6.07, 6.45) is 2.32. The summed E-state index contributed by atoms with van der Waals surface area (Å²) in [5, 5.41) is 17.3. The van der Waals surface area contributed by atoms with Crippen molar-refractivity contribution in [1.29, 1.82) is 10.5 Å². The van der Waals surface area contributed by atoms with Crippen molar-refractivity contribution in [3.05, 3.63) is 22.8 Å². The molecule has 0 aromatic heterocycles. The quantitative estimate of drug-likeness (QED) is 0.627. The van der Waals surface area contributed by atoms with Crippen molar-refractivity contribution in [2.45, 2.75) is 19.8 Å². The summed E-state index contributed by atoms with van der Waals surface area (Å²) in [5.74, 6) is -1.03. The van der Waals surface area contributed by atoms with E-state index in [1.807, 2.05) is 6.92 Å². The highest BCUT2D eigenvalue weighted by Gasteiger charge is 2.27. The molecule has 0 fully saturated rings. The summed E-state index contributed by atoms with van der Waals surface area (Å²) in [6, 6.07) is 3.21. The van der Waals surface area contributed by atoms with Gasteiger partial charge in [-0.3, -0.25) is 9.59 Å². The van der Waals surface area contributed by atoms with Crippen molar-refractivity contribution >= 4 is 11.6 Å². The second kappa shape index (κ2) is 4.34. The second-order valence-electron chi connectivity index (χ2n) is 3.09. The van der Waals surface area contributed by atoms with E-state index in [1.165, 1.54) is 0 Å². The molecule has 0 atom stereocenters. The molecule has 74 valence electrons. The summed E-state index contributed by atoms with van der Waals surface area (Å²) >= 11 is 0. The molecule has 0 bridgehead atoms. The number of rotatable bonds is 2. The minimum atomic E-state index is -0.544. The van der Waals surface area contributed by atoms with Crippen LogP contribution in [0.1, 0.15) is 19.8 Å². The van der Waals surface area contributed by atoms with E-state index in [1.54, 1.807) is 12.1 Å². The summed E-state index contributed by atoms with van der Waals surface area (Å²) < 4.78 is 0. The van der Waals surface area contributed by atoms with Crippen LogP contribution in [0.4, 0.5) is 0 Å². The molecule has 1 aliphatic carbocycles. The normalized spacial score (nSPS) is 15.8. The molecule has 0 unspecified atom stereocenters. The standard InChI is InChI=1S/C11H8N2O2/c1-2-3-7-4-10(14)8(5-12)9(6-13)11(7)15/h4H,2-3H2,1H3. The highest BCUT2D eigenvalue weighted by Crippen LogP contribution is 2.21. The van der Waals surface area contributed by atoms with Gasteiger partial charge >= 0.3 is 0 Å². The van der Waals surface area contributed by atoms with E-state index in [4.69, 9.17) is 10.5 Å². The monoisotopic (exact) mass is 200 g/mol. The van der Waals surface area contributed by atoms with Gasteiger partial charge < -0.3 is 0 Å². The fraction of sp³-hybridized carbons (Fsp3) is 0.273. The number of ketones is 2. The number of carbonyl (C=O) groups is 2. The molecule has 4 nitrogen and oxygen atoms in total. The van der Waals surface area contributed by atoms with E-state index >= 15 is 0 Å². The number of nitrogens with zero attached hydrogens (tertiary/aromatic N) is 2.